The van der Waals surface area contributed by atoms with E-state index in [1.54, 1.807) is 12.1 Å². The Bertz CT molecular complexity index is 1550. The molecular formula is C29H19FN2. The van der Waals surface area contributed by atoms with Crippen LogP contribution < -0.4 is 0 Å². The minimum Gasteiger partial charge on any atom is -0.232 e. The van der Waals surface area contributed by atoms with Gasteiger partial charge in [0.25, 0.3) is 0 Å². The van der Waals surface area contributed by atoms with Crippen molar-refractivity contribution in [2.75, 3.05) is 0 Å². The molecule has 0 aliphatic carbocycles. The van der Waals surface area contributed by atoms with Gasteiger partial charge in [-0.2, -0.15) is 5.10 Å². The lowest BCUT2D eigenvalue weighted by molar-refractivity contribution is 0.627. The number of halogens is 1. The Hall–Kier alpha value is -4.24. The third kappa shape index (κ3) is 2.98. The molecule has 0 amide bonds. The Labute approximate surface area is 185 Å². The van der Waals surface area contributed by atoms with Crippen LogP contribution in [0.2, 0.25) is 0 Å². The van der Waals surface area contributed by atoms with Crippen molar-refractivity contribution in [3.63, 3.8) is 0 Å². The molecule has 32 heavy (non-hydrogen) atoms. The van der Waals surface area contributed by atoms with E-state index in [1.807, 2.05) is 28.9 Å². The van der Waals surface area contributed by atoms with Crippen LogP contribution in [0, 0.1) is 5.82 Å². The molecular weight excluding hydrogens is 395 g/mol. The lowest BCUT2D eigenvalue weighted by atomic mass is 9.92. The molecule has 0 radical (unpaired) electrons. The Morgan fingerprint density at radius 2 is 1.25 bits per heavy atom. The summed E-state index contributed by atoms with van der Waals surface area (Å²) in [7, 11) is 0. The van der Waals surface area contributed by atoms with Gasteiger partial charge in [-0.05, 0) is 46.7 Å². The monoisotopic (exact) mass is 414 g/mol. The van der Waals surface area contributed by atoms with Gasteiger partial charge in [0.15, 0.2) is 0 Å². The molecule has 6 rings (SSSR count). The number of hydrogen-bond donors (Lipinski definition) is 0. The predicted octanol–water partition coefficient (Wildman–Crippen LogP) is 7.65. The van der Waals surface area contributed by atoms with Crippen LogP contribution in [0.15, 0.2) is 115 Å². The molecule has 0 atom stereocenters. The van der Waals surface area contributed by atoms with E-state index in [4.69, 9.17) is 5.10 Å². The van der Waals surface area contributed by atoms with Gasteiger partial charge in [-0.15, -0.1) is 0 Å². The van der Waals surface area contributed by atoms with Crippen LogP contribution >= 0.6 is 0 Å². The Morgan fingerprint density at radius 1 is 0.625 bits per heavy atom. The lowest BCUT2D eigenvalue weighted by Gasteiger charge is -2.11. The zero-order valence-electron chi connectivity index (χ0n) is 17.2. The number of nitrogens with zero attached hydrogens (tertiary/aromatic N) is 2. The second-order valence-corrected chi connectivity index (χ2v) is 7.84. The van der Waals surface area contributed by atoms with Crippen molar-refractivity contribution in [2.45, 2.75) is 0 Å². The first-order valence-corrected chi connectivity index (χ1v) is 10.6. The van der Waals surface area contributed by atoms with E-state index in [0.29, 0.717) is 0 Å². The SMILES string of the molecule is Fc1ccc(-n2nc(-c3ccccc3)c3c(-c4ccccc4)c4ccccc4cc32)cc1. The maximum absolute atomic E-state index is 13.7. The molecule has 0 unspecified atom stereocenters. The number of rotatable bonds is 3. The quantitative estimate of drug-likeness (QED) is 0.291. The molecule has 152 valence electrons. The van der Waals surface area contributed by atoms with Crippen molar-refractivity contribution in [3.8, 4) is 28.1 Å². The second kappa shape index (κ2) is 7.47. The van der Waals surface area contributed by atoms with E-state index in [1.165, 1.54) is 17.5 Å². The van der Waals surface area contributed by atoms with E-state index in [0.717, 1.165) is 44.4 Å². The van der Waals surface area contributed by atoms with Gasteiger partial charge in [0, 0.05) is 16.5 Å². The van der Waals surface area contributed by atoms with Gasteiger partial charge in [-0.3, -0.25) is 0 Å². The summed E-state index contributed by atoms with van der Waals surface area (Å²) in [5, 5.41) is 8.47. The first-order chi connectivity index (χ1) is 15.8. The summed E-state index contributed by atoms with van der Waals surface area (Å²) in [6.45, 7) is 0. The summed E-state index contributed by atoms with van der Waals surface area (Å²) in [5.41, 5.74) is 6.08. The van der Waals surface area contributed by atoms with Gasteiger partial charge < -0.3 is 0 Å². The highest BCUT2D eigenvalue weighted by Crippen LogP contribution is 2.41. The van der Waals surface area contributed by atoms with Crippen LogP contribution in [0.3, 0.4) is 0 Å². The van der Waals surface area contributed by atoms with Crippen LogP contribution in [0.4, 0.5) is 4.39 Å². The number of fused-ring (bicyclic) bond motifs is 2. The summed E-state index contributed by atoms with van der Waals surface area (Å²) in [6, 6.07) is 37.8. The van der Waals surface area contributed by atoms with Gasteiger partial charge in [0.2, 0.25) is 0 Å². The molecule has 3 heteroatoms. The summed E-state index contributed by atoms with van der Waals surface area (Å²) in [5.74, 6) is -0.260. The molecule has 2 nitrogen and oxygen atoms in total. The van der Waals surface area contributed by atoms with E-state index in [-0.39, 0.29) is 5.82 Å². The van der Waals surface area contributed by atoms with E-state index in [9.17, 15) is 4.39 Å². The minimum absolute atomic E-state index is 0.260. The highest BCUT2D eigenvalue weighted by atomic mass is 19.1. The summed E-state index contributed by atoms with van der Waals surface area (Å²) in [4.78, 5) is 0. The van der Waals surface area contributed by atoms with E-state index >= 15 is 0 Å². The third-order valence-electron chi connectivity index (χ3n) is 5.87. The average molecular weight is 414 g/mol. The summed E-state index contributed by atoms with van der Waals surface area (Å²) >= 11 is 0. The maximum Gasteiger partial charge on any atom is 0.123 e. The third-order valence-corrected chi connectivity index (χ3v) is 5.87. The van der Waals surface area contributed by atoms with E-state index < -0.39 is 0 Å². The zero-order chi connectivity index (χ0) is 21.5. The second-order valence-electron chi connectivity index (χ2n) is 7.84. The van der Waals surface area contributed by atoms with Crippen LogP contribution in [-0.2, 0) is 0 Å². The predicted molar refractivity (Wildman–Crippen MR) is 129 cm³/mol. The molecule has 0 N–H and O–H groups in total. The van der Waals surface area contributed by atoms with Crippen LogP contribution in [-0.4, -0.2) is 9.78 Å². The molecule has 6 aromatic rings. The zero-order valence-corrected chi connectivity index (χ0v) is 17.2. The molecule has 0 fully saturated rings. The van der Waals surface area contributed by atoms with E-state index in [2.05, 4.69) is 66.7 Å². The number of hydrogen-bond acceptors (Lipinski definition) is 1. The fraction of sp³-hybridized carbons (Fsp3) is 0. The fourth-order valence-electron chi connectivity index (χ4n) is 4.43. The molecule has 0 saturated heterocycles. The van der Waals surface area contributed by atoms with Crippen LogP contribution in [0.1, 0.15) is 0 Å². The lowest BCUT2D eigenvalue weighted by Crippen LogP contribution is -1.96. The van der Waals surface area contributed by atoms with Gasteiger partial charge in [-0.25, -0.2) is 9.07 Å². The standard InChI is InChI=1S/C29H19FN2/c30-23-15-17-24(18-16-23)32-26-19-22-13-7-8-14-25(22)27(20-9-3-1-4-10-20)28(26)29(31-32)21-11-5-2-6-12-21/h1-19H. The molecule has 1 aromatic heterocycles. The summed E-state index contributed by atoms with van der Waals surface area (Å²) in [6.07, 6.45) is 0. The molecule has 1 heterocycles. The van der Waals surface area contributed by atoms with Gasteiger partial charge >= 0.3 is 0 Å². The van der Waals surface area contributed by atoms with Crippen molar-refractivity contribution >= 4 is 21.7 Å². The Kier molecular flexibility index (Phi) is 4.32. The highest BCUT2D eigenvalue weighted by Gasteiger charge is 2.20. The number of aromatic nitrogens is 2. The molecule has 0 aliphatic rings. The topological polar surface area (TPSA) is 17.8 Å². The minimum atomic E-state index is -0.260. The smallest absolute Gasteiger partial charge is 0.123 e. The summed E-state index contributed by atoms with van der Waals surface area (Å²) < 4.78 is 15.6. The largest absolute Gasteiger partial charge is 0.232 e. The van der Waals surface area contributed by atoms with Crippen molar-refractivity contribution < 1.29 is 4.39 Å². The van der Waals surface area contributed by atoms with Gasteiger partial charge in [-0.1, -0.05) is 84.9 Å². The first-order valence-electron chi connectivity index (χ1n) is 10.6. The molecule has 0 spiro atoms. The maximum atomic E-state index is 13.7. The molecule has 0 saturated carbocycles. The van der Waals surface area contributed by atoms with Crippen molar-refractivity contribution in [1.82, 2.24) is 9.78 Å². The molecule has 0 bridgehead atoms. The molecule has 0 aliphatic heterocycles. The van der Waals surface area contributed by atoms with Gasteiger partial charge in [0.1, 0.15) is 11.5 Å². The fourth-order valence-corrected chi connectivity index (χ4v) is 4.43. The van der Waals surface area contributed by atoms with Crippen molar-refractivity contribution in [1.29, 1.82) is 0 Å². The van der Waals surface area contributed by atoms with Crippen molar-refractivity contribution in [3.05, 3.63) is 121 Å². The Balaban J connectivity index is 1.81. The highest BCUT2D eigenvalue weighted by molar-refractivity contribution is 6.16. The Morgan fingerprint density at radius 3 is 1.97 bits per heavy atom. The average Bonchev–Trinajstić information content (AvgIpc) is 3.23. The van der Waals surface area contributed by atoms with Gasteiger partial charge in [0.05, 0.1) is 11.2 Å². The van der Waals surface area contributed by atoms with Crippen LogP contribution in [0.25, 0.3) is 49.7 Å². The normalized spacial score (nSPS) is 11.3. The first kappa shape index (κ1) is 18.5. The van der Waals surface area contributed by atoms with Crippen molar-refractivity contribution in [2.24, 2.45) is 0 Å². The number of benzene rings is 5. The van der Waals surface area contributed by atoms with Crippen LogP contribution in [0.5, 0.6) is 0 Å². The molecule has 5 aromatic carbocycles.